The van der Waals surface area contributed by atoms with Gasteiger partial charge in [-0.3, -0.25) is 0 Å². The molecule has 0 aliphatic rings. The number of sulfonamides is 1. The van der Waals surface area contributed by atoms with Crippen LogP contribution < -0.4 is 10.0 Å². The predicted molar refractivity (Wildman–Crippen MR) is 115 cm³/mol. The highest BCUT2D eigenvalue weighted by atomic mass is 32.2. The largest absolute Gasteiger partial charge is 0.319 e. The fourth-order valence-electron chi connectivity index (χ4n) is 3.21. The van der Waals surface area contributed by atoms with Crippen LogP contribution in [0.15, 0.2) is 0 Å². The minimum Gasteiger partial charge on any atom is -0.319 e. The lowest BCUT2D eigenvalue weighted by atomic mass is 10.0. The Labute approximate surface area is 164 Å². The van der Waals surface area contributed by atoms with Gasteiger partial charge in [-0.05, 0) is 13.5 Å². The zero-order chi connectivity index (χ0) is 19.3. The minimum absolute atomic E-state index is 0.169. The van der Waals surface area contributed by atoms with Crippen molar-refractivity contribution in [3.63, 3.8) is 0 Å². The maximum Gasteiger partial charge on any atom is 0.212 e. The average molecular weight is 391 g/mol. The number of nitrogens with one attached hydrogen (secondary N) is 2. The van der Waals surface area contributed by atoms with E-state index in [0.717, 1.165) is 12.8 Å². The summed E-state index contributed by atoms with van der Waals surface area (Å²) in [7, 11) is -1.31. The van der Waals surface area contributed by atoms with Crippen LogP contribution in [0.1, 0.15) is 110 Å². The minimum atomic E-state index is -3.08. The molecule has 158 valence electrons. The van der Waals surface area contributed by atoms with Gasteiger partial charge in [0.1, 0.15) is 0 Å². The zero-order valence-corrected chi connectivity index (χ0v) is 18.5. The number of rotatable bonds is 21. The van der Waals surface area contributed by atoms with Crippen LogP contribution in [0.5, 0.6) is 0 Å². The Morgan fingerprint density at radius 3 is 1.35 bits per heavy atom. The van der Waals surface area contributed by atoms with E-state index in [2.05, 4.69) is 17.0 Å². The molecule has 0 rings (SSSR count). The standard InChI is InChI=1S/C21H46N2O2S/c1-3-4-5-6-7-8-9-10-11-12-13-14-15-16-17-18-19-23-26(24,25)21-20-22-2/h22-23H,3-21H2,1-2H3. The fourth-order valence-corrected chi connectivity index (χ4v) is 4.28. The van der Waals surface area contributed by atoms with Gasteiger partial charge in [0.05, 0.1) is 5.75 Å². The molecule has 0 fully saturated rings. The highest BCUT2D eigenvalue weighted by molar-refractivity contribution is 7.89. The third-order valence-corrected chi connectivity index (χ3v) is 6.36. The molecular formula is C21H46N2O2S. The van der Waals surface area contributed by atoms with Crippen LogP contribution in [0, 0.1) is 0 Å². The molecule has 0 aliphatic carbocycles. The van der Waals surface area contributed by atoms with E-state index in [1.807, 2.05) is 0 Å². The first-order valence-electron chi connectivity index (χ1n) is 11.2. The van der Waals surface area contributed by atoms with Gasteiger partial charge in [0.2, 0.25) is 10.0 Å². The van der Waals surface area contributed by atoms with Crippen LogP contribution in [0.25, 0.3) is 0 Å². The molecule has 0 aromatic carbocycles. The molecule has 2 N–H and O–H groups in total. The summed E-state index contributed by atoms with van der Waals surface area (Å²) in [5.74, 6) is 0.169. The van der Waals surface area contributed by atoms with Gasteiger partial charge >= 0.3 is 0 Å². The van der Waals surface area contributed by atoms with Crippen LogP contribution in [0.2, 0.25) is 0 Å². The van der Waals surface area contributed by atoms with Gasteiger partial charge in [-0.1, -0.05) is 103 Å². The Kier molecular flexibility index (Phi) is 19.5. The summed E-state index contributed by atoms with van der Waals surface area (Å²) in [6, 6.07) is 0. The van der Waals surface area contributed by atoms with Crippen LogP contribution in [-0.2, 0) is 10.0 Å². The Hall–Kier alpha value is -0.130. The number of hydrogen-bond acceptors (Lipinski definition) is 3. The van der Waals surface area contributed by atoms with Crippen molar-refractivity contribution in [1.82, 2.24) is 10.0 Å². The van der Waals surface area contributed by atoms with Gasteiger partial charge < -0.3 is 5.32 Å². The van der Waals surface area contributed by atoms with Crippen LogP contribution >= 0.6 is 0 Å². The lowest BCUT2D eigenvalue weighted by Gasteiger charge is -2.06. The van der Waals surface area contributed by atoms with Crippen molar-refractivity contribution in [2.75, 3.05) is 25.9 Å². The van der Waals surface area contributed by atoms with E-state index in [1.165, 1.54) is 89.9 Å². The molecule has 0 aromatic heterocycles. The quantitative estimate of drug-likeness (QED) is 0.258. The Morgan fingerprint density at radius 2 is 0.962 bits per heavy atom. The summed E-state index contributed by atoms with van der Waals surface area (Å²) in [5, 5.41) is 2.86. The van der Waals surface area contributed by atoms with Crippen molar-refractivity contribution in [3.8, 4) is 0 Å². The van der Waals surface area contributed by atoms with Crippen molar-refractivity contribution in [2.24, 2.45) is 0 Å². The second-order valence-corrected chi connectivity index (χ2v) is 9.55. The van der Waals surface area contributed by atoms with Gasteiger partial charge in [0, 0.05) is 13.1 Å². The monoisotopic (exact) mass is 390 g/mol. The van der Waals surface area contributed by atoms with E-state index in [0.29, 0.717) is 13.1 Å². The average Bonchev–Trinajstić information content (AvgIpc) is 2.62. The summed E-state index contributed by atoms with van der Waals surface area (Å²) < 4.78 is 25.9. The van der Waals surface area contributed by atoms with E-state index < -0.39 is 10.0 Å². The molecule has 0 bridgehead atoms. The molecule has 0 spiro atoms. The van der Waals surface area contributed by atoms with Gasteiger partial charge in [-0.2, -0.15) is 0 Å². The molecule has 0 radical (unpaired) electrons. The summed E-state index contributed by atoms with van der Waals surface area (Å²) in [6.07, 6.45) is 21.4. The highest BCUT2D eigenvalue weighted by Crippen LogP contribution is 2.13. The van der Waals surface area contributed by atoms with Gasteiger partial charge in [-0.25, -0.2) is 13.1 Å². The first-order chi connectivity index (χ1) is 12.6. The molecule has 0 atom stereocenters. The zero-order valence-electron chi connectivity index (χ0n) is 17.7. The number of hydrogen-bond donors (Lipinski definition) is 2. The first kappa shape index (κ1) is 25.9. The molecular weight excluding hydrogens is 344 g/mol. The smallest absolute Gasteiger partial charge is 0.212 e. The molecule has 4 nitrogen and oxygen atoms in total. The van der Waals surface area contributed by atoms with Gasteiger partial charge in [0.25, 0.3) is 0 Å². The van der Waals surface area contributed by atoms with Crippen molar-refractivity contribution in [3.05, 3.63) is 0 Å². The molecule has 0 aromatic rings. The molecule has 5 heteroatoms. The predicted octanol–water partition coefficient (Wildman–Crippen LogP) is 5.39. The number of unbranched alkanes of at least 4 members (excludes halogenated alkanes) is 15. The third kappa shape index (κ3) is 20.2. The topological polar surface area (TPSA) is 58.2 Å². The summed E-state index contributed by atoms with van der Waals surface area (Å²) in [4.78, 5) is 0. The Bertz CT molecular complexity index is 372. The Morgan fingerprint density at radius 1 is 0.577 bits per heavy atom. The fraction of sp³-hybridized carbons (Fsp3) is 1.00. The van der Waals surface area contributed by atoms with Crippen molar-refractivity contribution in [1.29, 1.82) is 0 Å². The Balaban J connectivity index is 3.16. The van der Waals surface area contributed by atoms with Crippen molar-refractivity contribution >= 4 is 10.0 Å². The van der Waals surface area contributed by atoms with Gasteiger partial charge in [-0.15, -0.1) is 0 Å². The SMILES string of the molecule is CCCCCCCCCCCCCCCCCCNS(=O)(=O)CCNC. The molecule has 0 saturated heterocycles. The third-order valence-electron chi connectivity index (χ3n) is 4.97. The molecule has 0 aliphatic heterocycles. The normalized spacial score (nSPS) is 11.9. The lowest BCUT2D eigenvalue weighted by Crippen LogP contribution is -2.31. The molecule has 0 saturated carbocycles. The summed E-state index contributed by atoms with van der Waals surface area (Å²) >= 11 is 0. The van der Waals surface area contributed by atoms with Crippen molar-refractivity contribution in [2.45, 2.75) is 110 Å². The van der Waals surface area contributed by atoms with E-state index in [-0.39, 0.29) is 5.75 Å². The molecule has 26 heavy (non-hydrogen) atoms. The van der Waals surface area contributed by atoms with Crippen molar-refractivity contribution < 1.29 is 8.42 Å². The second-order valence-electron chi connectivity index (χ2n) is 7.62. The summed E-state index contributed by atoms with van der Waals surface area (Å²) in [5.41, 5.74) is 0. The maximum absolute atomic E-state index is 11.6. The lowest BCUT2D eigenvalue weighted by molar-refractivity contribution is 0.528. The molecule has 0 amide bonds. The first-order valence-corrected chi connectivity index (χ1v) is 12.9. The van der Waals surface area contributed by atoms with Crippen LogP contribution in [0.4, 0.5) is 0 Å². The molecule has 0 unspecified atom stereocenters. The van der Waals surface area contributed by atoms with E-state index in [1.54, 1.807) is 7.05 Å². The van der Waals surface area contributed by atoms with Crippen LogP contribution in [-0.4, -0.2) is 34.3 Å². The molecule has 0 heterocycles. The maximum atomic E-state index is 11.6. The van der Waals surface area contributed by atoms with E-state index in [4.69, 9.17) is 0 Å². The van der Waals surface area contributed by atoms with E-state index >= 15 is 0 Å². The van der Waals surface area contributed by atoms with Gasteiger partial charge in [0.15, 0.2) is 0 Å². The summed E-state index contributed by atoms with van der Waals surface area (Å²) in [6.45, 7) is 3.37. The van der Waals surface area contributed by atoms with E-state index in [9.17, 15) is 8.42 Å². The van der Waals surface area contributed by atoms with Crippen LogP contribution in [0.3, 0.4) is 0 Å². The highest BCUT2D eigenvalue weighted by Gasteiger charge is 2.07. The second kappa shape index (κ2) is 19.6.